The van der Waals surface area contributed by atoms with Gasteiger partial charge in [0.15, 0.2) is 0 Å². The average molecular weight is 554 g/mol. The van der Waals surface area contributed by atoms with Crippen molar-refractivity contribution in [2.45, 2.75) is 52.1 Å². The van der Waals surface area contributed by atoms with Crippen molar-refractivity contribution < 1.29 is 22.4 Å². The molecule has 1 unspecified atom stereocenters. The summed E-state index contributed by atoms with van der Waals surface area (Å²) in [7, 11) is -4.24. The van der Waals surface area contributed by atoms with Crippen LogP contribution in [0.3, 0.4) is 0 Å². The Balaban J connectivity index is 2.00. The zero-order chi connectivity index (χ0) is 28.7. The van der Waals surface area contributed by atoms with Gasteiger partial charge in [-0.15, -0.1) is 0 Å². The summed E-state index contributed by atoms with van der Waals surface area (Å²) in [4.78, 5) is 28.1. The van der Waals surface area contributed by atoms with Crippen molar-refractivity contribution >= 4 is 27.5 Å². The van der Waals surface area contributed by atoms with E-state index in [0.717, 1.165) is 33.1 Å². The van der Waals surface area contributed by atoms with E-state index in [9.17, 15) is 22.4 Å². The van der Waals surface area contributed by atoms with Gasteiger partial charge < -0.3 is 10.2 Å². The van der Waals surface area contributed by atoms with Gasteiger partial charge in [-0.25, -0.2) is 12.8 Å². The molecule has 9 heteroatoms. The molecule has 0 bridgehead atoms. The van der Waals surface area contributed by atoms with E-state index in [4.69, 9.17) is 0 Å². The maximum Gasteiger partial charge on any atom is 0.264 e. The van der Waals surface area contributed by atoms with Gasteiger partial charge >= 0.3 is 0 Å². The molecular weight excluding hydrogens is 517 g/mol. The number of anilines is 1. The van der Waals surface area contributed by atoms with Gasteiger partial charge in [0.1, 0.15) is 18.4 Å². The van der Waals surface area contributed by atoms with Crippen molar-refractivity contribution in [3.63, 3.8) is 0 Å². The Kier molecular flexibility index (Phi) is 9.86. The normalized spacial score (nSPS) is 12.2. The molecule has 0 spiro atoms. The van der Waals surface area contributed by atoms with Crippen LogP contribution in [0.2, 0.25) is 0 Å². The van der Waals surface area contributed by atoms with E-state index in [1.807, 2.05) is 52.0 Å². The Morgan fingerprint density at radius 2 is 1.38 bits per heavy atom. The third-order valence-corrected chi connectivity index (χ3v) is 8.12. The summed E-state index contributed by atoms with van der Waals surface area (Å²) in [5.41, 5.74) is 3.06. The molecule has 0 fully saturated rings. The first kappa shape index (κ1) is 29.8. The van der Waals surface area contributed by atoms with Crippen molar-refractivity contribution in [3.8, 4) is 0 Å². The Hall–Kier alpha value is -3.72. The molecule has 1 N–H and O–H groups in total. The zero-order valence-corrected chi connectivity index (χ0v) is 23.8. The van der Waals surface area contributed by atoms with Gasteiger partial charge in [0.2, 0.25) is 11.8 Å². The van der Waals surface area contributed by atoms with E-state index >= 15 is 0 Å². The molecule has 3 aromatic carbocycles. The lowest BCUT2D eigenvalue weighted by molar-refractivity contribution is -0.139. The van der Waals surface area contributed by atoms with Crippen molar-refractivity contribution in [1.29, 1.82) is 0 Å². The number of benzene rings is 3. The molecule has 0 aromatic heterocycles. The topological polar surface area (TPSA) is 86.8 Å². The lowest BCUT2D eigenvalue weighted by Crippen LogP contribution is -2.51. The van der Waals surface area contributed by atoms with E-state index < -0.39 is 34.3 Å². The number of carbonyl (C=O) groups excluding carboxylic acids is 2. The monoisotopic (exact) mass is 553 g/mol. The van der Waals surface area contributed by atoms with Crippen molar-refractivity contribution in [2.24, 2.45) is 5.92 Å². The number of nitrogens with zero attached hydrogens (tertiary/aromatic N) is 2. The fourth-order valence-corrected chi connectivity index (χ4v) is 5.31. The molecule has 3 aromatic rings. The first-order chi connectivity index (χ1) is 18.4. The minimum atomic E-state index is -4.24. The molecule has 39 heavy (non-hydrogen) atoms. The molecule has 0 aliphatic rings. The number of amides is 2. The zero-order valence-electron chi connectivity index (χ0n) is 23.0. The lowest BCUT2D eigenvalue weighted by Gasteiger charge is -2.32. The second kappa shape index (κ2) is 12.9. The first-order valence-corrected chi connectivity index (χ1v) is 14.3. The van der Waals surface area contributed by atoms with Crippen LogP contribution in [-0.4, -0.2) is 44.3 Å². The number of rotatable bonds is 11. The van der Waals surface area contributed by atoms with Crippen LogP contribution in [0.5, 0.6) is 0 Å². The van der Waals surface area contributed by atoms with Gasteiger partial charge in [0.25, 0.3) is 10.0 Å². The molecule has 208 valence electrons. The van der Waals surface area contributed by atoms with Crippen molar-refractivity contribution in [2.75, 3.05) is 17.4 Å². The molecule has 0 aliphatic carbocycles. The predicted molar refractivity (Wildman–Crippen MR) is 151 cm³/mol. The van der Waals surface area contributed by atoms with Crippen molar-refractivity contribution in [3.05, 3.63) is 95.3 Å². The predicted octanol–water partition coefficient (Wildman–Crippen LogP) is 4.83. The second-order valence-corrected chi connectivity index (χ2v) is 12.0. The minimum Gasteiger partial charge on any atom is -0.354 e. The van der Waals surface area contributed by atoms with E-state index in [1.165, 1.54) is 17.0 Å². The highest BCUT2D eigenvalue weighted by Gasteiger charge is 2.32. The summed E-state index contributed by atoms with van der Waals surface area (Å²) in [5, 5.41) is 2.86. The lowest BCUT2D eigenvalue weighted by atomic mass is 10.1. The third kappa shape index (κ3) is 7.89. The number of halogens is 1. The molecule has 0 heterocycles. The molecule has 7 nitrogen and oxygen atoms in total. The fourth-order valence-electron chi connectivity index (χ4n) is 3.90. The largest absolute Gasteiger partial charge is 0.354 e. The number of sulfonamides is 1. The molecule has 0 saturated heterocycles. The van der Waals surface area contributed by atoms with Crippen LogP contribution in [-0.2, 0) is 26.2 Å². The van der Waals surface area contributed by atoms with Crippen LogP contribution in [0.15, 0.2) is 77.7 Å². The number of hydrogen-bond donors (Lipinski definition) is 1. The first-order valence-electron chi connectivity index (χ1n) is 12.9. The van der Waals surface area contributed by atoms with Crippen LogP contribution >= 0.6 is 0 Å². The molecule has 0 aliphatic heterocycles. The summed E-state index contributed by atoms with van der Waals surface area (Å²) in [6.07, 6.45) is 0. The van der Waals surface area contributed by atoms with Crippen LogP contribution in [0.4, 0.5) is 10.1 Å². The quantitative estimate of drug-likeness (QED) is 0.369. The Labute approximate surface area is 230 Å². The van der Waals surface area contributed by atoms with Crippen LogP contribution in [0.25, 0.3) is 0 Å². The second-order valence-electron chi connectivity index (χ2n) is 10.1. The van der Waals surface area contributed by atoms with E-state index in [0.29, 0.717) is 6.54 Å². The number of nitrogens with one attached hydrogen (secondary N) is 1. The van der Waals surface area contributed by atoms with Crippen LogP contribution in [0, 0.1) is 25.6 Å². The van der Waals surface area contributed by atoms with Gasteiger partial charge in [-0.3, -0.25) is 13.9 Å². The van der Waals surface area contributed by atoms with Gasteiger partial charge in [0, 0.05) is 13.1 Å². The summed E-state index contributed by atoms with van der Waals surface area (Å²) >= 11 is 0. The van der Waals surface area contributed by atoms with Crippen LogP contribution < -0.4 is 9.62 Å². The Bertz CT molecular complexity index is 1370. The number of carbonyl (C=O) groups is 2. The van der Waals surface area contributed by atoms with Gasteiger partial charge in [0.05, 0.1) is 10.6 Å². The van der Waals surface area contributed by atoms with Crippen molar-refractivity contribution in [1.82, 2.24) is 10.2 Å². The van der Waals surface area contributed by atoms with E-state index in [-0.39, 0.29) is 29.0 Å². The molecular formula is C30H36FN3O4S. The minimum absolute atomic E-state index is 0.119. The number of hydrogen-bond acceptors (Lipinski definition) is 4. The average Bonchev–Trinajstić information content (AvgIpc) is 2.90. The Morgan fingerprint density at radius 3 is 1.92 bits per heavy atom. The van der Waals surface area contributed by atoms with Crippen LogP contribution in [0.1, 0.15) is 37.5 Å². The van der Waals surface area contributed by atoms with Gasteiger partial charge in [-0.1, -0.05) is 61.4 Å². The summed E-state index contributed by atoms with van der Waals surface area (Å²) in [5.74, 6) is -1.22. The number of aryl methyl sites for hydroxylation is 2. The highest BCUT2D eigenvalue weighted by atomic mass is 32.2. The SMILES string of the molecule is Cc1ccc(CN(C(=O)CN(c2ccc(C)cc2)S(=O)(=O)c2ccc(F)cc2)C(C)C(=O)NCC(C)C)cc1. The molecule has 0 saturated carbocycles. The van der Waals surface area contributed by atoms with E-state index in [2.05, 4.69) is 5.32 Å². The molecule has 1 atom stereocenters. The van der Waals surface area contributed by atoms with Gasteiger partial charge in [-0.05, 0) is 68.7 Å². The summed E-state index contributed by atoms with van der Waals surface area (Å²) in [6.45, 7) is 9.42. The van der Waals surface area contributed by atoms with Gasteiger partial charge in [-0.2, -0.15) is 0 Å². The summed E-state index contributed by atoms with van der Waals surface area (Å²) in [6, 6.07) is 17.9. The Morgan fingerprint density at radius 1 is 0.846 bits per heavy atom. The molecule has 3 rings (SSSR count). The summed E-state index contributed by atoms with van der Waals surface area (Å²) < 4.78 is 42.0. The maximum absolute atomic E-state index is 13.9. The highest BCUT2D eigenvalue weighted by Crippen LogP contribution is 2.25. The highest BCUT2D eigenvalue weighted by molar-refractivity contribution is 7.92. The fraction of sp³-hybridized carbons (Fsp3) is 0.333. The molecule has 0 radical (unpaired) electrons. The van der Waals surface area contributed by atoms with E-state index in [1.54, 1.807) is 31.2 Å². The third-order valence-electron chi connectivity index (χ3n) is 6.33. The maximum atomic E-state index is 13.9. The smallest absolute Gasteiger partial charge is 0.264 e. The standard InChI is InChI=1S/C30H36FN3O4S/c1-21(2)18-32-30(36)24(5)33(19-25-10-6-22(3)7-11-25)29(35)20-34(27-14-8-23(4)9-15-27)39(37,38)28-16-12-26(31)13-17-28/h6-17,21,24H,18-20H2,1-5H3,(H,32,36). The molecule has 2 amide bonds.